The second-order valence-electron chi connectivity index (χ2n) is 2.22. The highest BCUT2D eigenvalue weighted by atomic mass is 19.1. The van der Waals surface area contributed by atoms with Crippen LogP contribution in [0.15, 0.2) is 12.1 Å². The van der Waals surface area contributed by atoms with Crippen LogP contribution in [0, 0.1) is 12.7 Å². The van der Waals surface area contributed by atoms with Crippen molar-refractivity contribution in [2.24, 2.45) is 0 Å². The highest BCUT2D eigenvalue weighted by molar-refractivity contribution is 5.45. The van der Waals surface area contributed by atoms with Gasteiger partial charge in [0.1, 0.15) is 5.82 Å². The van der Waals surface area contributed by atoms with Crippen LogP contribution in [-0.4, -0.2) is 12.2 Å². The Balaban J connectivity index is 3.25. The van der Waals surface area contributed by atoms with E-state index in [1.165, 1.54) is 26.2 Å². The van der Waals surface area contributed by atoms with Crippen molar-refractivity contribution in [3.05, 3.63) is 23.5 Å². The normalized spacial score (nSPS) is 9.73. The van der Waals surface area contributed by atoms with Gasteiger partial charge in [0.25, 0.3) is 0 Å². The Kier molecular flexibility index (Phi) is 1.98. The van der Waals surface area contributed by atoms with E-state index in [1.54, 1.807) is 0 Å². The standard InChI is InChI=1S/C8H9FO2/c1-5-6(9)3-4-7(11-2)8(5)10/h3-4,10H,1-2H3. The monoisotopic (exact) mass is 156 g/mol. The lowest BCUT2D eigenvalue weighted by molar-refractivity contribution is 0.368. The number of phenols is 1. The molecule has 0 saturated carbocycles. The highest BCUT2D eigenvalue weighted by Gasteiger charge is 2.07. The molecule has 0 saturated heterocycles. The zero-order valence-corrected chi connectivity index (χ0v) is 6.39. The smallest absolute Gasteiger partial charge is 0.163 e. The number of rotatable bonds is 1. The van der Waals surface area contributed by atoms with Gasteiger partial charge in [-0.25, -0.2) is 4.39 Å². The Bertz CT molecular complexity index is 271. The summed E-state index contributed by atoms with van der Waals surface area (Å²) in [6.07, 6.45) is 0. The first-order chi connectivity index (χ1) is 5.16. The van der Waals surface area contributed by atoms with Crippen molar-refractivity contribution in [3.8, 4) is 11.5 Å². The minimum Gasteiger partial charge on any atom is -0.504 e. The van der Waals surface area contributed by atoms with Crippen LogP contribution in [0.5, 0.6) is 11.5 Å². The van der Waals surface area contributed by atoms with Crippen LogP contribution in [0.4, 0.5) is 4.39 Å². The molecule has 0 fully saturated rings. The maximum Gasteiger partial charge on any atom is 0.163 e. The van der Waals surface area contributed by atoms with E-state index in [0.29, 0.717) is 5.75 Å². The molecule has 0 aliphatic rings. The van der Waals surface area contributed by atoms with Gasteiger partial charge in [-0.15, -0.1) is 0 Å². The first kappa shape index (κ1) is 7.85. The van der Waals surface area contributed by atoms with Crippen LogP contribution < -0.4 is 4.74 Å². The van der Waals surface area contributed by atoms with Gasteiger partial charge in [0.2, 0.25) is 0 Å². The van der Waals surface area contributed by atoms with Gasteiger partial charge in [-0.05, 0) is 19.1 Å². The fraction of sp³-hybridized carbons (Fsp3) is 0.250. The van der Waals surface area contributed by atoms with E-state index >= 15 is 0 Å². The first-order valence-electron chi connectivity index (χ1n) is 3.19. The highest BCUT2D eigenvalue weighted by Crippen LogP contribution is 2.30. The Morgan fingerprint density at radius 2 is 2.09 bits per heavy atom. The second kappa shape index (κ2) is 2.78. The molecule has 0 aliphatic carbocycles. The third-order valence-corrected chi connectivity index (χ3v) is 1.55. The molecule has 0 aromatic heterocycles. The van der Waals surface area contributed by atoms with Crippen molar-refractivity contribution >= 4 is 0 Å². The SMILES string of the molecule is COc1ccc(F)c(C)c1O. The van der Waals surface area contributed by atoms with E-state index in [9.17, 15) is 9.50 Å². The van der Waals surface area contributed by atoms with Crippen molar-refractivity contribution in [1.29, 1.82) is 0 Å². The van der Waals surface area contributed by atoms with Crippen LogP contribution >= 0.6 is 0 Å². The molecule has 1 N–H and O–H groups in total. The van der Waals surface area contributed by atoms with Crippen molar-refractivity contribution in [3.63, 3.8) is 0 Å². The summed E-state index contributed by atoms with van der Waals surface area (Å²) in [6, 6.07) is 2.64. The summed E-state index contributed by atoms with van der Waals surface area (Å²) < 4.78 is 17.4. The van der Waals surface area contributed by atoms with Gasteiger partial charge in [-0.1, -0.05) is 0 Å². The third kappa shape index (κ3) is 1.27. The van der Waals surface area contributed by atoms with E-state index < -0.39 is 5.82 Å². The number of ether oxygens (including phenoxy) is 1. The second-order valence-corrected chi connectivity index (χ2v) is 2.22. The predicted octanol–water partition coefficient (Wildman–Crippen LogP) is 1.85. The lowest BCUT2D eigenvalue weighted by atomic mass is 10.2. The zero-order valence-electron chi connectivity index (χ0n) is 6.39. The summed E-state index contributed by atoms with van der Waals surface area (Å²) in [4.78, 5) is 0. The third-order valence-electron chi connectivity index (χ3n) is 1.55. The number of hydrogen-bond acceptors (Lipinski definition) is 2. The van der Waals surface area contributed by atoms with Gasteiger partial charge >= 0.3 is 0 Å². The van der Waals surface area contributed by atoms with Crippen molar-refractivity contribution in [2.75, 3.05) is 7.11 Å². The maximum atomic E-state index is 12.7. The molecule has 1 aromatic rings. The van der Waals surface area contributed by atoms with Crippen molar-refractivity contribution in [1.82, 2.24) is 0 Å². The molecule has 0 bridgehead atoms. The van der Waals surface area contributed by atoms with Crippen LogP contribution in [0.1, 0.15) is 5.56 Å². The van der Waals surface area contributed by atoms with E-state index in [1.807, 2.05) is 0 Å². The Labute approximate surface area is 64.2 Å². The predicted molar refractivity (Wildman–Crippen MR) is 39.4 cm³/mol. The lowest BCUT2D eigenvalue weighted by Gasteiger charge is -2.05. The Hall–Kier alpha value is -1.25. The van der Waals surface area contributed by atoms with Crippen LogP contribution in [0.25, 0.3) is 0 Å². The summed E-state index contributed by atoms with van der Waals surface area (Å²) in [5, 5.41) is 9.21. The molecule has 0 unspecified atom stereocenters. The first-order valence-corrected chi connectivity index (χ1v) is 3.19. The molecule has 1 rings (SSSR count). The molecule has 0 heterocycles. The topological polar surface area (TPSA) is 29.5 Å². The van der Waals surface area contributed by atoms with E-state index in [0.717, 1.165) is 0 Å². The number of hydrogen-bond donors (Lipinski definition) is 1. The molecular weight excluding hydrogens is 147 g/mol. The molecule has 0 aliphatic heterocycles. The van der Waals surface area contributed by atoms with E-state index in [2.05, 4.69) is 0 Å². The summed E-state index contributed by atoms with van der Waals surface area (Å²) in [5.41, 5.74) is 0.212. The average molecular weight is 156 g/mol. The fourth-order valence-corrected chi connectivity index (χ4v) is 0.815. The summed E-state index contributed by atoms with van der Waals surface area (Å²) >= 11 is 0. The largest absolute Gasteiger partial charge is 0.504 e. The molecule has 60 valence electrons. The van der Waals surface area contributed by atoms with E-state index in [-0.39, 0.29) is 11.3 Å². The average Bonchev–Trinajstić information content (AvgIpc) is 2.01. The van der Waals surface area contributed by atoms with Crippen molar-refractivity contribution in [2.45, 2.75) is 6.92 Å². The van der Waals surface area contributed by atoms with Crippen molar-refractivity contribution < 1.29 is 14.2 Å². The minimum absolute atomic E-state index is 0.132. The van der Waals surface area contributed by atoms with Crippen LogP contribution in [0.2, 0.25) is 0 Å². The summed E-state index contributed by atoms with van der Waals surface area (Å²) in [6.45, 7) is 1.49. The van der Waals surface area contributed by atoms with Gasteiger partial charge in [-0.3, -0.25) is 0 Å². The number of phenolic OH excluding ortho intramolecular Hbond substituents is 1. The number of benzene rings is 1. The molecule has 0 atom stereocenters. The fourth-order valence-electron chi connectivity index (χ4n) is 0.815. The van der Waals surface area contributed by atoms with Gasteiger partial charge in [0.15, 0.2) is 11.5 Å². The van der Waals surface area contributed by atoms with Crippen LogP contribution in [-0.2, 0) is 0 Å². The lowest BCUT2D eigenvalue weighted by Crippen LogP contribution is -1.88. The molecule has 3 heteroatoms. The molecule has 0 spiro atoms. The maximum absolute atomic E-state index is 12.7. The zero-order chi connectivity index (χ0) is 8.43. The van der Waals surface area contributed by atoms with E-state index in [4.69, 9.17) is 4.74 Å². The number of aromatic hydroxyl groups is 1. The summed E-state index contributed by atoms with van der Waals surface area (Å²) in [7, 11) is 1.42. The number of halogens is 1. The summed E-state index contributed by atoms with van der Waals surface area (Å²) in [5.74, 6) is -0.264. The van der Waals surface area contributed by atoms with Gasteiger partial charge in [-0.2, -0.15) is 0 Å². The molecular formula is C8H9FO2. The molecule has 11 heavy (non-hydrogen) atoms. The molecule has 2 nitrogen and oxygen atoms in total. The molecule has 0 radical (unpaired) electrons. The molecule has 1 aromatic carbocycles. The number of methoxy groups -OCH3 is 1. The quantitative estimate of drug-likeness (QED) is 0.672. The molecule has 0 amide bonds. The minimum atomic E-state index is -0.428. The van der Waals surface area contributed by atoms with Crippen LogP contribution in [0.3, 0.4) is 0 Å². The Morgan fingerprint density at radius 1 is 1.45 bits per heavy atom. The van der Waals surface area contributed by atoms with Gasteiger partial charge in [0, 0.05) is 5.56 Å². The Morgan fingerprint density at radius 3 is 2.64 bits per heavy atom. The van der Waals surface area contributed by atoms with Gasteiger partial charge < -0.3 is 9.84 Å². The van der Waals surface area contributed by atoms with Gasteiger partial charge in [0.05, 0.1) is 7.11 Å².